The molecule has 1 aliphatic carbocycles. The number of rotatable bonds is 8. The third-order valence-electron chi connectivity index (χ3n) is 6.75. The van der Waals surface area contributed by atoms with E-state index in [0.717, 1.165) is 18.4 Å². The van der Waals surface area contributed by atoms with Crippen molar-refractivity contribution in [1.29, 1.82) is 5.26 Å². The van der Waals surface area contributed by atoms with E-state index in [1.165, 1.54) is 0 Å². The molecule has 38 heavy (non-hydrogen) atoms. The number of hydrogen-bond acceptors (Lipinski definition) is 9. The number of anilines is 2. The fourth-order valence-electron chi connectivity index (χ4n) is 4.55. The molecule has 12 heteroatoms. The summed E-state index contributed by atoms with van der Waals surface area (Å²) in [7, 11) is 3.36. The van der Waals surface area contributed by atoms with Crippen LogP contribution in [-0.2, 0) is 7.05 Å². The Morgan fingerprint density at radius 1 is 1.26 bits per heavy atom. The first-order valence-electron chi connectivity index (χ1n) is 12.2. The lowest BCUT2D eigenvalue weighted by atomic mass is 10.1. The first-order chi connectivity index (χ1) is 18.5. The number of nitrogens with one attached hydrogen (secondary N) is 1. The standard InChI is InChI=1S/C26H25N9O3/c1-15(6-7-27)34-14-17(16-4-5-16)10-18(25(34)36)31-26-32-24-22(33(26)2)23(37-3)21(12-29-24)38-20-13-30-35-9-8-28-11-19(20)35/h8-16H,4-6H2,1-3H3,(H,29,31,32)/t15-/m1/s1. The highest BCUT2D eigenvalue weighted by Crippen LogP contribution is 2.41. The topological polar surface area (TPSA) is 137 Å². The van der Waals surface area contributed by atoms with Crippen LogP contribution in [0, 0.1) is 11.3 Å². The van der Waals surface area contributed by atoms with Gasteiger partial charge >= 0.3 is 0 Å². The maximum atomic E-state index is 13.4. The van der Waals surface area contributed by atoms with Crippen molar-refractivity contribution in [3.05, 3.63) is 59.2 Å². The smallest absolute Gasteiger partial charge is 0.274 e. The zero-order chi connectivity index (χ0) is 26.4. The van der Waals surface area contributed by atoms with Gasteiger partial charge in [-0.1, -0.05) is 0 Å². The Hall–Kier alpha value is -4.92. The third-order valence-corrected chi connectivity index (χ3v) is 6.75. The van der Waals surface area contributed by atoms with Crippen molar-refractivity contribution < 1.29 is 9.47 Å². The summed E-state index contributed by atoms with van der Waals surface area (Å²) in [4.78, 5) is 26.6. The molecule has 5 heterocycles. The molecule has 1 aliphatic rings. The second-order valence-electron chi connectivity index (χ2n) is 9.35. The van der Waals surface area contributed by atoms with Gasteiger partial charge < -0.3 is 23.9 Å². The highest BCUT2D eigenvalue weighted by molar-refractivity contribution is 5.85. The molecule has 192 valence electrons. The van der Waals surface area contributed by atoms with Gasteiger partial charge in [-0.2, -0.15) is 15.3 Å². The zero-order valence-electron chi connectivity index (χ0n) is 21.1. The van der Waals surface area contributed by atoms with Crippen LogP contribution in [0.15, 0.2) is 48.0 Å². The minimum absolute atomic E-state index is 0.213. The summed E-state index contributed by atoms with van der Waals surface area (Å²) in [5.74, 6) is 2.17. The van der Waals surface area contributed by atoms with E-state index >= 15 is 0 Å². The summed E-state index contributed by atoms with van der Waals surface area (Å²) in [5.41, 5.74) is 2.97. The summed E-state index contributed by atoms with van der Waals surface area (Å²) < 4.78 is 16.9. The molecule has 0 radical (unpaired) electrons. The summed E-state index contributed by atoms with van der Waals surface area (Å²) in [6, 6.07) is 3.79. The van der Waals surface area contributed by atoms with Crippen LogP contribution in [0.1, 0.15) is 43.7 Å². The van der Waals surface area contributed by atoms with Crippen LogP contribution in [-0.4, -0.2) is 40.8 Å². The Balaban J connectivity index is 1.40. The van der Waals surface area contributed by atoms with E-state index in [1.807, 2.05) is 26.2 Å². The van der Waals surface area contributed by atoms with E-state index < -0.39 is 0 Å². The molecule has 0 saturated heterocycles. The molecule has 5 aromatic rings. The number of hydrogen-bond donors (Lipinski definition) is 1. The number of fused-ring (bicyclic) bond motifs is 2. The molecule has 0 aliphatic heterocycles. The minimum Gasteiger partial charge on any atom is -0.491 e. The Labute approximate surface area is 217 Å². The van der Waals surface area contributed by atoms with Gasteiger partial charge in [-0.3, -0.25) is 9.78 Å². The number of aromatic nitrogens is 7. The van der Waals surface area contributed by atoms with Gasteiger partial charge in [-0.15, -0.1) is 0 Å². The molecule has 1 N–H and O–H groups in total. The lowest BCUT2D eigenvalue weighted by Crippen LogP contribution is -2.26. The van der Waals surface area contributed by atoms with Gasteiger partial charge in [0.1, 0.15) is 16.7 Å². The van der Waals surface area contributed by atoms with Gasteiger partial charge in [0.15, 0.2) is 22.9 Å². The van der Waals surface area contributed by atoms with Crippen LogP contribution in [0.5, 0.6) is 17.2 Å². The van der Waals surface area contributed by atoms with Crippen molar-refractivity contribution in [2.45, 2.75) is 38.1 Å². The molecule has 0 bridgehead atoms. The van der Waals surface area contributed by atoms with Gasteiger partial charge in [-0.05, 0) is 37.3 Å². The summed E-state index contributed by atoms with van der Waals surface area (Å²) in [6.45, 7) is 1.87. The lowest BCUT2D eigenvalue weighted by molar-refractivity contribution is 0.382. The largest absolute Gasteiger partial charge is 0.491 e. The van der Waals surface area contributed by atoms with Crippen molar-refractivity contribution in [3.63, 3.8) is 0 Å². The Bertz CT molecular complexity index is 1770. The minimum atomic E-state index is -0.246. The van der Waals surface area contributed by atoms with Crippen molar-refractivity contribution in [2.24, 2.45) is 7.05 Å². The van der Waals surface area contributed by atoms with Gasteiger partial charge in [0.2, 0.25) is 5.95 Å². The average molecular weight is 512 g/mol. The second-order valence-corrected chi connectivity index (χ2v) is 9.35. The maximum Gasteiger partial charge on any atom is 0.274 e. The van der Waals surface area contributed by atoms with E-state index in [2.05, 4.69) is 31.4 Å². The maximum absolute atomic E-state index is 13.4. The average Bonchev–Trinajstić information content (AvgIpc) is 3.63. The molecular formula is C26H25N9O3. The zero-order valence-corrected chi connectivity index (χ0v) is 21.1. The number of nitriles is 1. The van der Waals surface area contributed by atoms with E-state index in [1.54, 1.807) is 51.7 Å². The predicted molar refractivity (Wildman–Crippen MR) is 139 cm³/mol. The number of methoxy groups -OCH3 is 1. The summed E-state index contributed by atoms with van der Waals surface area (Å²) in [6.07, 6.45) is 12.5. The van der Waals surface area contributed by atoms with E-state index in [4.69, 9.17) is 9.47 Å². The van der Waals surface area contributed by atoms with E-state index in [9.17, 15) is 10.1 Å². The number of pyridine rings is 2. The van der Waals surface area contributed by atoms with Crippen LogP contribution < -0.4 is 20.3 Å². The van der Waals surface area contributed by atoms with Crippen LogP contribution in [0.4, 0.5) is 11.6 Å². The molecule has 6 rings (SSSR count). The Morgan fingerprint density at radius 3 is 2.87 bits per heavy atom. The van der Waals surface area contributed by atoms with Gasteiger partial charge in [0.05, 0.1) is 38.2 Å². The molecule has 0 spiro atoms. The SMILES string of the molecule is COc1c(Oc2cnn3ccncc23)cnc2nc(Nc3cc(C4CC4)cn([C@H](C)CC#N)c3=O)n(C)c12. The van der Waals surface area contributed by atoms with Crippen molar-refractivity contribution in [2.75, 3.05) is 12.4 Å². The van der Waals surface area contributed by atoms with E-state index in [0.29, 0.717) is 51.5 Å². The molecule has 0 unspecified atom stereocenters. The summed E-state index contributed by atoms with van der Waals surface area (Å²) >= 11 is 0. The second kappa shape index (κ2) is 9.19. The van der Waals surface area contributed by atoms with Crippen molar-refractivity contribution >= 4 is 28.3 Å². The fourth-order valence-corrected chi connectivity index (χ4v) is 4.55. The number of imidazole rings is 1. The first-order valence-corrected chi connectivity index (χ1v) is 12.2. The molecule has 1 fully saturated rings. The Morgan fingerprint density at radius 2 is 2.11 bits per heavy atom. The Kier molecular flexibility index (Phi) is 5.68. The van der Waals surface area contributed by atoms with Crippen LogP contribution in [0.3, 0.4) is 0 Å². The monoisotopic (exact) mass is 511 g/mol. The number of aryl methyl sites for hydroxylation is 1. The van der Waals surface area contributed by atoms with Crippen molar-refractivity contribution in [1.82, 2.24) is 33.7 Å². The highest BCUT2D eigenvalue weighted by Gasteiger charge is 2.27. The molecule has 0 amide bonds. The molecule has 12 nitrogen and oxygen atoms in total. The number of ether oxygens (including phenoxy) is 2. The van der Waals surface area contributed by atoms with Gasteiger partial charge in [-0.25, -0.2) is 9.50 Å². The normalized spacial score (nSPS) is 13.9. The lowest BCUT2D eigenvalue weighted by Gasteiger charge is -2.16. The highest BCUT2D eigenvalue weighted by atomic mass is 16.5. The van der Waals surface area contributed by atoms with Crippen molar-refractivity contribution in [3.8, 4) is 23.3 Å². The van der Waals surface area contributed by atoms with Gasteiger partial charge in [0, 0.05) is 31.7 Å². The third kappa shape index (κ3) is 3.98. The number of nitrogens with zero attached hydrogens (tertiary/aromatic N) is 8. The van der Waals surface area contributed by atoms with Crippen LogP contribution in [0.25, 0.3) is 16.7 Å². The summed E-state index contributed by atoms with van der Waals surface area (Å²) in [5, 5.41) is 16.7. The first kappa shape index (κ1) is 23.5. The van der Waals surface area contributed by atoms with Crippen LogP contribution in [0.2, 0.25) is 0 Å². The molecule has 1 saturated carbocycles. The quantitative estimate of drug-likeness (QED) is 0.327. The van der Waals surface area contributed by atoms with E-state index in [-0.39, 0.29) is 18.0 Å². The predicted octanol–water partition coefficient (Wildman–Crippen LogP) is 4.07. The van der Waals surface area contributed by atoms with Gasteiger partial charge in [0.25, 0.3) is 5.56 Å². The molecular weight excluding hydrogens is 486 g/mol. The molecule has 1 atom stereocenters. The fraction of sp³-hybridized carbons (Fsp3) is 0.308. The molecule has 0 aromatic carbocycles. The molecule has 5 aromatic heterocycles. The van der Waals surface area contributed by atoms with Crippen LogP contribution >= 0.6 is 0 Å².